The van der Waals surface area contributed by atoms with Crippen LogP contribution in [0, 0.1) is 0 Å². The summed E-state index contributed by atoms with van der Waals surface area (Å²) in [7, 11) is 0. The molecule has 7 heteroatoms. The highest BCUT2D eigenvalue weighted by molar-refractivity contribution is 9.10. The van der Waals surface area contributed by atoms with Crippen molar-refractivity contribution in [3.8, 4) is 5.75 Å². The fourth-order valence-electron chi connectivity index (χ4n) is 2.46. The zero-order valence-electron chi connectivity index (χ0n) is 9.83. The predicted molar refractivity (Wildman–Crippen MR) is 68.5 cm³/mol. The van der Waals surface area contributed by atoms with E-state index in [9.17, 15) is 8.78 Å². The van der Waals surface area contributed by atoms with Crippen LogP contribution in [-0.4, -0.2) is 25.1 Å². The number of aliphatic imine (C=N–C) groups is 1. The lowest BCUT2D eigenvalue weighted by Crippen LogP contribution is -2.56. The summed E-state index contributed by atoms with van der Waals surface area (Å²) in [5.41, 5.74) is 4.00. The van der Waals surface area contributed by atoms with Crippen molar-refractivity contribution in [3.63, 3.8) is 0 Å². The number of rotatable bonds is 0. The summed E-state index contributed by atoms with van der Waals surface area (Å²) in [6, 6.07) is 4.75. The molecular weight excluding hydrogens is 322 g/mol. The summed E-state index contributed by atoms with van der Waals surface area (Å²) in [5, 5.41) is 0. The molecule has 0 aromatic heterocycles. The maximum atomic E-state index is 14.4. The molecule has 2 aliphatic rings. The number of nitrogens with zero attached hydrogens (tertiary/aromatic N) is 1. The van der Waals surface area contributed by atoms with E-state index in [0.29, 0.717) is 15.8 Å². The SMILES string of the molecule is NC1=NCC(F)(F)[C@]2(CCOc3ccc(Br)cc32)O1. The van der Waals surface area contributed by atoms with E-state index in [1.807, 2.05) is 0 Å². The molecule has 0 saturated heterocycles. The van der Waals surface area contributed by atoms with Crippen molar-refractivity contribution in [2.45, 2.75) is 17.9 Å². The number of hydrogen-bond donors (Lipinski definition) is 1. The van der Waals surface area contributed by atoms with Gasteiger partial charge in [0.1, 0.15) is 12.3 Å². The molecule has 19 heavy (non-hydrogen) atoms. The van der Waals surface area contributed by atoms with E-state index in [0.717, 1.165) is 0 Å². The Bertz CT molecular complexity index is 565. The predicted octanol–water partition coefficient (Wildman–Crippen LogP) is 2.41. The van der Waals surface area contributed by atoms with Gasteiger partial charge in [-0.3, -0.25) is 0 Å². The van der Waals surface area contributed by atoms with Crippen LogP contribution in [0.2, 0.25) is 0 Å². The van der Waals surface area contributed by atoms with E-state index >= 15 is 0 Å². The van der Waals surface area contributed by atoms with Gasteiger partial charge in [0.15, 0.2) is 0 Å². The van der Waals surface area contributed by atoms with E-state index in [1.165, 1.54) is 0 Å². The molecule has 1 spiro atoms. The standard InChI is InChI=1S/C12H11BrF2N2O2/c13-7-1-2-9-8(5-7)11(3-4-18-9)12(14,15)6-17-10(16)19-11/h1-2,5H,3-4,6H2,(H2,16,17)/t11-/m1/s1. The number of halogens is 3. The number of alkyl halides is 2. The van der Waals surface area contributed by atoms with Crippen molar-refractivity contribution < 1.29 is 18.3 Å². The zero-order valence-corrected chi connectivity index (χ0v) is 11.4. The van der Waals surface area contributed by atoms with Gasteiger partial charge in [-0.25, -0.2) is 4.99 Å². The molecule has 0 aliphatic carbocycles. The molecular formula is C12H11BrF2N2O2. The second-order valence-electron chi connectivity index (χ2n) is 4.53. The molecule has 4 nitrogen and oxygen atoms in total. The van der Waals surface area contributed by atoms with Crippen LogP contribution in [0.1, 0.15) is 12.0 Å². The van der Waals surface area contributed by atoms with E-state index in [1.54, 1.807) is 18.2 Å². The van der Waals surface area contributed by atoms with Crippen LogP contribution < -0.4 is 10.5 Å². The lowest BCUT2D eigenvalue weighted by atomic mass is 9.81. The van der Waals surface area contributed by atoms with Crippen molar-refractivity contribution in [2.75, 3.05) is 13.2 Å². The molecule has 1 aromatic rings. The highest BCUT2D eigenvalue weighted by Gasteiger charge is 2.61. The molecule has 1 aromatic carbocycles. The van der Waals surface area contributed by atoms with E-state index in [-0.39, 0.29) is 19.0 Å². The Labute approximate surface area is 116 Å². The number of amidine groups is 1. The minimum Gasteiger partial charge on any atom is -0.493 e. The molecule has 0 amide bonds. The quantitative estimate of drug-likeness (QED) is 0.793. The molecule has 2 N–H and O–H groups in total. The number of nitrogens with two attached hydrogens (primary N) is 1. The van der Waals surface area contributed by atoms with Crippen LogP contribution in [0.3, 0.4) is 0 Å². The van der Waals surface area contributed by atoms with Gasteiger partial charge in [-0.2, -0.15) is 8.78 Å². The molecule has 0 saturated carbocycles. The van der Waals surface area contributed by atoms with Crippen molar-refractivity contribution in [1.29, 1.82) is 0 Å². The van der Waals surface area contributed by atoms with Crippen LogP contribution in [0.15, 0.2) is 27.7 Å². The van der Waals surface area contributed by atoms with Crippen LogP contribution in [-0.2, 0) is 10.3 Å². The second kappa shape index (κ2) is 4.06. The van der Waals surface area contributed by atoms with Gasteiger partial charge in [-0.15, -0.1) is 0 Å². The molecule has 102 valence electrons. The number of fused-ring (bicyclic) bond motifs is 2. The highest BCUT2D eigenvalue weighted by Crippen LogP contribution is 2.51. The van der Waals surface area contributed by atoms with Crippen LogP contribution in [0.25, 0.3) is 0 Å². The van der Waals surface area contributed by atoms with Gasteiger partial charge < -0.3 is 15.2 Å². The van der Waals surface area contributed by atoms with Gasteiger partial charge in [-0.05, 0) is 18.2 Å². The first kappa shape index (κ1) is 12.7. The van der Waals surface area contributed by atoms with E-state index in [4.69, 9.17) is 15.2 Å². The van der Waals surface area contributed by atoms with Gasteiger partial charge in [0.2, 0.25) is 5.60 Å². The van der Waals surface area contributed by atoms with E-state index in [2.05, 4.69) is 20.9 Å². The number of benzene rings is 1. The van der Waals surface area contributed by atoms with Crippen LogP contribution >= 0.6 is 15.9 Å². The average Bonchev–Trinajstić information content (AvgIpc) is 2.36. The Morgan fingerprint density at radius 3 is 2.95 bits per heavy atom. The monoisotopic (exact) mass is 332 g/mol. The average molecular weight is 333 g/mol. The number of ether oxygens (including phenoxy) is 2. The second-order valence-corrected chi connectivity index (χ2v) is 5.44. The summed E-state index contributed by atoms with van der Waals surface area (Å²) < 4.78 is 40.1. The Morgan fingerprint density at radius 1 is 1.37 bits per heavy atom. The summed E-state index contributed by atoms with van der Waals surface area (Å²) in [6.45, 7) is -0.526. The van der Waals surface area contributed by atoms with Gasteiger partial charge in [0.25, 0.3) is 6.02 Å². The summed E-state index contributed by atoms with van der Waals surface area (Å²) in [6.07, 6.45) is 0.0275. The van der Waals surface area contributed by atoms with E-state index < -0.39 is 18.1 Å². The first-order valence-corrected chi connectivity index (χ1v) is 6.53. The third kappa shape index (κ3) is 1.79. The Balaban J connectivity index is 2.21. The lowest BCUT2D eigenvalue weighted by molar-refractivity contribution is -0.194. The number of hydrogen-bond acceptors (Lipinski definition) is 4. The summed E-state index contributed by atoms with van der Waals surface area (Å²) in [4.78, 5) is 3.50. The van der Waals surface area contributed by atoms with Crippen molar-refractivity contribution >= 4 is 22.0 Å². The molecule has 0 bridgehead atoms. The van der Waals surface area contributed by atoms with Gasteiger partial charge >= 0.3 is 5.92 Å². The highest BCUT2D eigenvalue weighted by atomic mass is 79.9. The maximum Gasteiger partial charge on any atom is 0.310 e. The van der Waals surface area contributed by atoms with Crippen LogP contribution in [0.4, 0.5) is 8.78 Å². The normalized spacial score (nSPS) is 28.1. The molecule has 0 radical (unpaired) electrons. The van der Waals surface area contributed by atoms with Gasteiger partial charge in [0.05, 0.1) is 6.61 Å². The smallest absolute Gasteiger partial charge is 0.310 e. The lowest BCUT2D eigenvalue weighted by Gasteiger charge is -2.44. The summed E-state index contributed by atoms with van der Waals surface area (Å²) in [5.74, 6) is -2.74. The fraction of sp³-hybridized carbons (Fsp3) is 0.417. The van der Waals surface area contributed by atoms with Gasteiger partial charge in [0, 0.05) is 16.5 Å². The molecule has 0 unspecified atom stereocenters. The third-order valence-electron chi connectivity index (χ3n) is 3.39. The van der Waals surface area contributed by atoms with Crippen molar-refractivity contribution in [2.24, 2.45) is 10.7 Å². The Kier molecular flexibility index (Phi) is 2.70. The largest absolute Gasteiger partial charge is 0.493 e. The minimum absolute atomic E-state index is 0.0275. The topological polar surface area (TPSA) is 56.8 Å². The molecule has 2 heterocycles. The van der Waals surface area contributed by atoms with Crippen molar-refractivity contribution in [3.05, 3.63) is 28.2 Å². The van der Waals surface area contributed by atoms with Crippen LogP contribution in [0.5, 0.6) is 5.75 Å². The Morgan fingerprint density at radius 2 is 2.16 bits per heavy atom. The zero-order chi connectivity index (χ0) is 13.7. The van der Waals surface area contributed by atoms with Gasteiger partial charge in [-0.1, -0.05) is 15.9 Å². The molecule has 0 fully saturated rings. The molecule has 2 aliphatic heterocycles. The Hall–Kier alpha value is -1.37. The first-order chi connectivity index (χ1) is 8.95. The minimum atomic E-state index is -3.13. The summed E-state index contributed by atoms with van der Waals surface area (Å²) >= 11 is 3.28. The molecule has 1 atom stereocenters. The third-order valence-corrected chi connectivity index (χ3v) is 3.88. The van der Waals surface area contributed by atoms with Crippen molar-refractivity contribution in [1.82, 2.24) is 0 Å². The maximum absolute atomic E-state index is 14.4. The first-order valence-electron chi connectivity index (χ1n) is 5.74. The fourth-order valence-corrected chi connectivity index (χ4v) is 2.82. The molecule has 3 rings (SSSR count).